The SMILES string of the molecule is CSCCCN1C(=O)C(c2ccccc2)NC1C. The highest BCUT2D eigenvalue weighted by Gasteiger charge is 2.36. The molecule has 98 valence electrons. The fourth-order valence-electron chi connectivity index (χ4n) is 2.33. The Bertz CT molecular complexity index is 396. The van der Waals surface area contributed by atoms with Crippen molar-refractivity contribution in [2.45, 2.75) is 25.6 Å². The van der Waals surface area contributed by atoms with E-state index in [1.54, 1.807) is 0 Å². The summed E-state index contributed by atoms with van der Waals surface area (Å²) in [5.74, 6) is 1.31. The summed E-state index contributed by atoms with van der Waals surface area (Å²) in [5, 5.41) is 3.37. The van der Waals surface area contributed by atoms with Gasteiger partial charge in [-0.15, -0.1) is 0 Å². The predicted molar refractivity (Wildman–Crippen MR) is 76.5 cm³/mol. The molecule has 1 aliphatic heterocycles. The van der Waals surface area contributed by atoms with E-state index in [1.165, 1.54) is 0 Å². The van der Waals surface area contributed by atoms with Crippen LogP contribution in [0, 0.1) is 0 Å². The summed E-state index contributed by atoms with van der Waals surface area (Å²) in [6.07, 6.45) is 3.28. The Morgan fingerprint density at radius 3 is 2.72 bits per heavy atom. The van der Waals surface area contributed by atoms with Crippen molar-refractivity contribution < 1.29 is 4.79 Å². The maximum absolute atomic E-state index is 12.4. The highest BCUT2D eigenvalue weighted by Crippen LogP contribution is 2.24. The van der Waals surface area contributed by atoms with Gasteiger partial charge in [-0.05, 0) is 30.9 Å². The Labute approximate surface area is 113 Å². The van der Waals surface area contributed by atoms with Crippen LogP contribution in [0.3, 0.4) is 0 Å². The number of carbonyl (C=O) groups excluding carboxylic acids is 1. The number of nitrogens with one attached hydrogen (secondary N) is 1. The lowest BCUT2D eigenvalue weighted by Crippen LogP contribution is -2.35. The molecule has 1 fully saturated rings. The molecule has 1 aromatic rings. The van der Waals surface area contributed by atoms with E-state index >= 15 is 0 Å². The third-order valence-corrected chi connectivity index (χ3v) is 3.98. The molecule has 1 heterocycles. The number of hydrogen-bond donors (Lipinski definition) is 1. The second-order valence-corrected chi connectivity index (χ2v) is 5.55. The summed E-state index contributed by atoms with van der Waals surface area (Å²) in [5.41, 5.74) is 1.06. The van der Waals surface area contributed by atoms with Crippen molar-refractivity contribution in [3.05, 3.63) is 35.9 Å². The molecule has 0 aliphatic carbocycles. The molecule has 4 heteroatoms. The van der Waals surface area contributed by atoms with Gasteiger partial charge in [0.15, 0.2) is 0 Å². The van der Waals surface area contributed by atoms with Crippen molar-refractivity contribution in [3.8, 4) is 0 Å². The van der Waals surface area contributed by atoms with E-state index in [4.69, 9.17) is 0 Å². The molecule has 2 atom stereocenters. The summed E-state index contributed by atoms with van der Waals surface area (Å²) < 4.78 is 0. The van der Waals surface area contributed by atoms with Gasteiger partial charge in [-0.3, -0.25) is 10.1 Å². The first kappa shape index (κ1) is 13.4. The van der Waals surface area contributed by atoms with Crippen LogP contribution in [-0.2, 0) is 4.79 Å². The van der Waals surface area contributed by atoms with Crippen LogP contribution in [0.25, 0.3) is 0 Å². The first-order valence-electron chi connectivity index (χ1n) is 6.34. The molecule has 1 aliphatic rings. The van der Waals surface area contributed by atoms with Crippen molar-refractivity contribution in [3.63, 3.8) is 0 Å². The quantitative estimate of drug-likeness (QED) is 0.828. The number of carbonyl (C=O) groups is 1. The van der Waals surface area contributed by atoms with Crippen LogP contribution in [0.15, 0.2) is 30.3 Å². The van der Waals surface area contributed by atoms with Crippen molar-refractivity contribution in [2.24, 2.45) is 0 Å². The zero-order valence-corrected chi connectivity index (χ0v) is 11.7. The van der Waals surface area contributed by atoms with Gasteiger partial charge in [-0.25, -0.2) is 0 Å². The first-order chi connectivity index (χ1) is 8.74. The van der Waals surface area contributed by atoms with Gasteiger partial charge in [0.1, 0.15) is 6.04 Å². The molecule has 1 N–H and O–H groups in total. The molecule has 1 amide bonds. The summed E-state index contributed by atoms with van der Waals surface area (Å²) in [4.78, 5) is 14.3. The fourth-order valence-corrected chi connectivity index (χ4v) is 2.74. The standard InChI is InChI=1S/C14H20N2OS/c1-11-15-13(12-7-4-3-5-8-12)14(17)16(11)9-6-10-18-2/h3-5,7-8,11,13,15H,6,9-10H2,1-2H3. The Kier molecular flexibility index (Phi) is 4.66. The third-order valence-electron chi connectivity index (χ3n) is 3.29. The van der Waals surface area contributed by atoms with Crippen LogP contribution in [0.1, 0.15) is 24.9 Å². The highest BCUT2D eigenvalue weighted by molar-refractivity contribution is 7.98. The summed E-state index contributed by atoms with van der Waals surface area (Å²) in [6, 6.07) is 9.77. The van der Waals surface area contributed by atoms with Gasteiger partial charge in [0.2, 0.25) is 5.91 Å². The maximum atomic E-state index is 12.4. The lowest BCUT2D eigenvalue weighted by atomic mass is 10.1. The monoisotopic (exact) mass is 264 g/mol. The van der Waals surface area contributed by atoms with Crippen LogP contribution in [0.4, 0.5) is 0 Å². The molecular weight excluding hydrogens is 244 g/mol. The predicted octanol–water partition coefficient (Wildman–Crippen LogP) is 2.26. The molecule has 1 saturated heterocycles. The zero-order valence-electron chi connectivity index (χ0n) is 10.9. The Morgan fingerprint density at radius 1 is 1.33 bits per heavy atom. The van der Waals surface area contributed by atoms with E-state index in [9.17, 15) is 4.79 Å². The third kappa shape index (κ3) is 2.87. The number of nitrogens with zero attached hydrogens (tertiary/aromatic N) is 1. The molecular formula is C14H20N2OS. The summed E-state index contributed by atoms with van der Waals surface area (Å²) in [6.45, 7) is 2.90. The van der Waals surface area contributed by atoms with E-state index in [2.05, 4.69) is 18.5 Å². The van der Waals surface area contributed by atoms with Gasteiger partial charge in [-0.1, -0.05) is 30.3 Å². The van der Waals surface area contributed by atoms with Crippen LogP contribution >= 0.6 is 11.8 Å². The van der Waals surface area contributed by atoms with Crippen LogP contribution < -0.4 is 5.32 Å². The van der Waals surface area contributed by atoms with Crippen molar-refractivity contribution >= 4 is 17.7 Å². The van der Waals surface area contributed by atoms with E-state index in [0.717, 1.165) is 24.3 Å². The largest absolute Gasteiger partial charge is 0.326 e. The molecule has 0 saturated carbocycles. The molecule has 0 spiro atoms. The average Bonchev–Trinajstić information content (AvgIpc) is 2.68. The van der Waals surface area contributed by atoms with Gasteiger partial charge in [-0.2, -0.15) is 11.8 Å². The van der Waals surface area contributed by atoms with Crippen LogP contribution in [0.5, 0.6) is 0 Å². The Hall–Kier alpha value is -1.00. The van der Waals surface area contributed by atoms with Gasteiger partial charge in [0, 0.05) is 6.54 Å². The van der Waals surface area contributed by atoms with Gasteiger partial charge in [0.05, 0.1) is 6.17 Å². The van der Waals surface area contributed by atoms with Crippen molar-refractivity contribution in [1.82, 2.24) is 10.2 Å². The summed E-state index contributed by atoms with van der Waals surface area (Å²) in [7, 11) is 0. The van der Waals surface area contributed by atoms with E-state index in [1.807, 2.05) is 47.0 Å². The van der Waals surface area contributed by atoms with Gasteiger partial charge >= 0.3 is 0 Å². The molecule has 2 rings (SSSR count). The number of amides is 1. The molecule has 0 aromatic heterocycles. The van der Waals surface area contributed by atoms with Crippen molar-refractivity contribution in [2.75, 3.05) is 18.6 Å². The number of rotatable bonds is 5. The zero-order chi connectivity index (χ0) is 13.0. The molecule has 18 heavy (non-hydrogen) atoms. The average molecular weight is 264 g/mol. The van der Waals surface area contributed by atoms with Gasteiger partial charge in [0.25, 0.3) is 0 Å². The van der Waals surface area contributed by atoms with Crippen LogP contribution in [-0.4, -0.2) is 35.5 Å². The first-order valence-corrected chi connectivity index (χ1v) is 7.74. The lowest BCUT2D eigenvalue weighted by Gasteiger charge is -2.20. The Morgan fingerprint density at radius 2 is 2.06 bits per heavy atom. The molecule has 0 radical (unpaired) electrons. The molecule has 2 unspecified atom stereocenters. The topological polar surface area (TPSA) is 32.3 Å². The molecule has 1 aromatic carbocycles. The second-order valence-electron chi connectivity index (χ2n) is 4.56. The lowest BCUT2D eigenvalue weighted by molar-refractivity contribution is -0.129. The number of benzene rings is 1. The van der Waals surface area contributed by atoms with E-state index < -0.39 is 0 Å². The van der Waals surface area contributed by atoms with Crippen LogP contribution in [0.2, 0.25) is 0 Å². The minimum absolute atomic E-state index is 0.129. The van der Waals surface area contributed by atoms with Gasteiger partial charge < -0.3 is 4.90 Å². The van der Waals surface area contributed by atoms with E-state index in [-0.39, 0.29) is 18.1 Å². The second kappa shape index (κ2) is 6.25. The fraction of sp³-hybridized carbons (Fsp3) is 0.500. The highest BCUT2D eigenvalue weighted by atomic mass is 32.2. The van der Waals surface area contributed by atoms with Crippen molar-refractivity contribution in [1.29, 1.82) is 0 Å². The number of hydrogen-bond acceptors (Lipinski definition) is 3. The molecule has 3 nitrogen and oxygen atoms in total. The maximum Gasteiger partial charge on any atom is 0.245 e. The minimum atomic E-state index is -0.171. The minimum Gasteiger partial charge on any atom is -0.326 e. The summed E-state index contributed by atoms with van der Waals surface area (Å²) >= 11 is 1.83. The van der Waals surface area contributed by atoms with E-state index in [0.29, 0.717) is 0 Å². The molecule has 0 bridgehead atoms. The Balaban J connectivity index is 2.02. The smallest absolute Gasteiger partial charge is 0.245 e. The normalized spacial score (nSPS) is 23.7. The number of thioether (sulfide) groups is 1.